The van der Waals surface area contributed by atoms with E-state index in [4.69, 9.17) is 5.73 Å². The smallest absolute Gasteiger partial charge is 0.259 e. The topological polar surface area (TPSA) is 64.2 Å². The SMILES string of the molecule is Nc1ccn(CCN2C(=O)c3cccc4cccc2c34)n1. The summed E-state index contributed by atoms with van der Waals surface area (Å²) in [7, 11) is 0. The molecule has 0 saturated heterocycles. The van der Waals surface area contributed by atoms with Gasteiger partial charge in [-0.3, -0.25) is 9.48 Å². The van der Waals surface area contributed by atoms with Crippen molar-refractivity contribution in [3.05, 3.63) is 54.2 Å². The summed E-state index contributed by atoms with van der Waals surface area (Å²) >= 11 is 0. The lowest BCUT2D eigenvalue weighted by molar-refractivity contribution is 0.0992. The number of carbonyl (C=O) groups is 1. The number of nitrogens with two attached hydrogens (primary N) is 1. The van der Waals surface area contributed by atoms with E-state index < -0.39 is 0 Å². The van der Waals surface area contributed by atoms with Crippen molar-refractivity contribution in [3.8, 4) is 0 Å². The Labute approximate surface area is 121 Å². The Morgan fingerprint density at radius 2 is 1.86 bits per heavy atom. The fourth-order valence-corrected chi connectivity index (χ4v) is 2.91. The minimum Gasteiger partial charge on any atom is -0.382 e. The van der Waals surface area contributed by atoms with Gasteiger partial charge in [0.2, 0.25) is 0 Å². The van der Waals surface area contributed by atoms with Crippen molar-refractivity contribution in [1.29, 1.82) is 0 Å². The third-order valence-corrected chi connectivity index (χ3v) is 3.86. The van der Waals surface area contributed by atoms with Gasteiger partial charge in [0.15, 0.2) is 0 Å². The molecule has 1 aliphatic heterocycles. The van der Waals surface area contributed by atoms with Crippen molar-refractivity contribution in [3.63, 3.8) is 0 Å². The molecule has 2 N–H and O–H groups in total. The van der Waals surface area contributed by atoms with Gasteiger partial charge in [0.1, 0.15) is 5.82 Å². The summed E-state index contributed by atoms with van der Waals surface area (Å²) < 4.78 is 1.76. The van der Waals surface area contributed by atoms with Crippen LogP contribution in [0.15, 0.2) is 48.7 Å². The van der Waals surface area contributed by atoms with Crippen LogP contribution in [0.2, 0.25) is 0 Å². The van der Waals surface area contributed by atoms with E-state index in [0.717, 1.165) is 22.0 Å². The number of aromatic nitrogens is 2. The largest absolute Gasteiger partial charge is 0.382 e. The second-order valence-corrected chi connectivity index (χ2v) is 5.14. The van der Waals surface area contributed by atoms with Gasteiger partial charge in [-0.25, -0.2) is 0 Å². The Bertz CT molecular complexity index is 847. The van der Waals surface area contributed by atoms with Gasteiger partial charge in [0, 0.05) is 23.7 Å². The predicted octanol–water partition coefficient (Wildman–Crippen LogP) is 2.28. The lowest BCUT2D eigenvalue weighted by Gasteiger charge is -2.17. The van der Waals surface area contributed by atoms with Crippen LogP contribution in [-0.2, 0) is 6.54 Å². The standard InChI is InChI=1S/C16H14N4O/c17-14-7-8-19(18-14)9-10-20-13-6-2-4-11-3-1-5-12(15(11)13)16(20)21/h1-8H,9-10H2,(H2,17,18). The molecule has 3 aromatic rings. The molecule has 1 aliphatic rings. The number of hydrogen-bond acceptors (Lipinski definition) is 3. The van der Waals surface area contributed by atoms with E-state index in [9.17, 15) is 4.79 Å². The van der Waals surface area contributed by atoms with E-state index in [0.29, 0.717) is 18.9 Å². The molecular formula is C16H14N4O. The monoisotopic (exact) mass is 278 g/mol. The Balaban J connectivity index is 1.69. The van der Waals surface area contributed by atoms with Crippen molar-refractivity contribution in [2.24, 2.45) is 0 Å². The number of amides is 1. The van der Waals surface area contributed by atoms with Gasteiger partial charge in [-0.1, -0.05) is 24.3 Å². The second kappa shape index (κ2) is 4.34. The third kappa shape index (κ3) is 1.78. The van der Waals surface area contributed by atoms with Gasteiger partial charge >= 0.3 is 0 Å². The first-order valence-corrected chi connectivity index (χ1v) is 6.86. The molecule has 104 valence electrons. The van der Waals surface area contributed by atoms with E-state index in [2.05, 4.69) is 5.10 Å². The zero-order valence-electron chi connectivity index (χ0n) is 11.4. The Morgan fingerprint density at radius 3 is 2.62 bits per heavy atom. The molecule has 0 atom stereocenters. The summed E-state index contributed by atoms with van der Waals surface area (Å²) in [5, 5.41) is 6.30. The molecule has 0 unspecified atom stereocenters. The quantitative estimate of drug-likeness (QED) is 0.799. The molecule has 0 spiro atoms. The highest BCUT2D eigenvalue weighted by Crippen LogP contribution is 2.36. The summed E-state index contributed by atoms with van der Waals surface area (Å²) in [5.74, 6) is 0.551. The molecule has 1 amide bonds. The van der Waals surface area contributed by atoms with Crippen LogP contribution >= 0.6 is 0 Å². The molecule has 2 heterocycles. The number of hydrogen-bond donors (Lipinski definition) is 1. The highest BCUT2D eigenvalue weighted by Gasteiger charge is 2.28. The van der Waals surface area contributed by atoms with E-state index in [1.165, 1.54) is 0 Å². The average molecular weight is 278 g/mol. The van der Waals surface area contributed by atoms with Crippen LogP contribution in [-0.4, -0.2) is 22.2 Å². The molecular weight excluding hydrogens is 264 g/mol. The minimum absolute atomic E-state index is 0.0573. The molecule has 1 aromatic heterocycles. The normalized spacial score (nSPS) is 13.3. The van der Waals surface area contributed by atoms with E-state index in [-0.39, 0.29) is 5.91 Å². The predicted molar refractivity (Wildman–Crippen MR) is 82.3 cm³/mol. The number of nitrogens with zero attached hydrogens (tertiary/aromatic N) is 3. The second-order valence-electron chi connectivity index (χ2n) is 5.14. The first kappa shape index (κ1) is 12.0. The van der Waals surface area contributed by atoms with Gasteiger partial charge < -0.3 is 10.6 Å². The fraction of sp³-hybridized carbons (Fsp3) is 0.125. The van der Waals surface area contributed by atoms with Crippen LogP contribution in [0.4, 0.5) is 11.5 Å². The number of anilines is 2. The summed E-state index contributed by atoms with van der Waals surface area (Å²) in [6.45, 7) is 1.20. The van der Waals surface area contributed by atoms with Crippen molar-refractivity contribution in [2.75, 3.05) is 17.2 Å². The van der Waals surface area contributed by atoms with Crippen LogP contribution in [0.1, 0.15) is 10.4 Å². The van der Waals surface area contributed by atoms with Crippen LogP contribution in [0.5, 0.6) is 0 Å². The van der Waals surface area contributed by atoms with Crippen molar-refractivity contribution in [1.82, 2.24) is 9.78 Å². The zero-order chi connectivity index (χ0) is 14.4. The van der Waals surface area contributed by atoms with Crippen molar-refractivity contribution in [2.45, 2.75) is 6.54 Å². The first-order chi connectivity index (χ1) is 10.2. The molecule has 0 saturated carbocycles. The third-order valence-electron chi connectivity index (χ3n) is 3.86. The minimum atomic E-state index is 0.0573. The molecule has 5 heteroatoms. The van der Waals surface area contributed by atoms with E-state index in [1.54, 1.807) is 10.7 Å². The maximum atomic E-state index is 12.6. The van der Waals surface area contributed by atoms with Crippen molar-refractivity contribution < 1.29 is 4.79 Å². The van der Waals surface area contributed by atoms with Gasteiger partial charge in [0.25, 0.3) is 5.91 Å². The van der Waals surface area contributed by atoms with Gasteiger partial charge in [-0.05, 0) is 23.6 Å². The average Bonchev–Trinajstić information content (AvgIpc) is 3.02. The zero-order valence-corrected chi connectivity index (χ0v) is 11.4. The van der Waals surface area contributed by atoms with Gasteiger partial charge in [0.05, 0.1) is 12.2 Å². The number of benzene rings is 2. The fourth-order valence-electron chi connectivity index (χ4n) is 2.91. The van der Waals surface area contributed by atoms with Crippen LogP contribution < -0.4 is 10.6 Å². The van der Waals surface area contributed by atoms with E-state index in [1.807, 2.05) is 47.5 Å². The highest BCUT2D eigenvalue weighted by atomic mass is 16.2. The maximum Gasteiger partial charge on any atom is 0.259 e. The number of nitrogen functional groups attached to an aromatic ring is 1. The summed E-state index contributed by atoms with van der Waals surface area (Å²) in [4.78, 5) is 14.4. The number of rotatable bonds is 3. The molecule has 0 bridgehead atoms. The molecule has 21 heavy (non-hydrogen) atoms. The molecule has 4 rings (SSSR count). The van der Waals surface area contributed by atoms with Gasteiger partial charge in [-0.2, -0.15) is 5.10 Å². The summed E-state index contributed by atoms with van der Waals surface area (Å²) in [6, 6.07) is 13.6. The first-order valence-electron chi connectivity index (χ1n) is 6.86. The highest BCUT2D eigenvalue weighted by molar-refractivity contribution is 6.24. The lowest BCUT2D eigenvalue weighted by Crippen LogP contribution is -2.30. The molecule has 0 radical (unpaired) electrons. The summed E-state index contributed by atoms with van der Waals surface area (Å²) in [6.07, 6.45) is 1.82. The lowest BCUT2D eigenvalue weighted by atomic mass is 10.1. The molecule has 0 fully saturated rings. The van der Waals surface area contributed by atoms with Gasteiger partial charge in [-0.15, -0.1) is 0 Å². The summed E-state index contributed by atoms with van der Waals surface area (Å²) in [5.41, 5.74) is 7.37. The maximum absolute atomic E-state index is 12.6. The Hall–Kier alpha value is -2.82. The van der Waals surface area contributed by atoms with Crippen molar-refractivity contribution >= 4 is 28.2 Å². The Kier molecular flexibility index (Phi) is 2.47. The van der Waals surface area contributed by atoms with Crippen LogP contribution in [0.25, 0.3) is 10.8 Å². The number of carbonyl (C=O) groups excluding carboxylic acids is 1. The Morgan fingerprint density at radius 1 is 1.05 bits per heavy atom. The molecule has 0 aliphatic carbocycles. The molecule has 5 nitrogen and oxygen atoms in total. The van der Waals surface area contributed by atoms with Crippen LogP contribution in [0.3, 0.4) is 0 Å². The molecule has 2 aromatic carbocycles. The van der Waals surface area contributed by atoms with E-state index >= 15 is 0 Å². The van der Waals surface area contributed by atoms with Crippen LogP contribution in [0, 0.1) is 0 Å².